The zero-order valence-electron chi connectivity index (χ0n) is 17.6. The van der Waals surface area contributed by atoms with Crippen molar-refractivity contribution in [1.82, 2.24) is 4.90 Å². The minimum Gasteiger partial charge on any atom is -0.481 e. The Hall–Kier alpha value is -1.30. The summed E-state index contributed by atoms with van der Waals surface area (Å²) in [7, 11) is 0. The third kappa shape index (κ3) is 9.37. The van der Waals surface area contributed by atoms with Crippen molar-refractivity contribution < 1.29 is 19.4 Å². The molecule has 0 aliphatic heterocycles. The lowest BCUT2D eigenvalue weighted by Crippen LogP contribution is -2.28. The van der Waals surface area contributed by atoms with Gasteiger partial charge in [0.25, 0.3) is 5.97 Å². The summed E-state index contributed by atoms with van der Waals surface area (Å²) in [5.41, 5.74) is 1.89. The highest BCUT2D eigenvalue weighted by atomic mass is 35.5. The monoisotopic (exact) mass is 445 g/mol. The van der Waals surface area contributed by atoms with Gasteiger partial charge < -0.3 is 14.7 Å². The van der Waals surface area contributed by atoms with Crippen LogP contribution in [0.5, 0.6) is 0 Å². The number of aliphatic carboxylic acids is 1. The average molecular weight is 446 g/mol. The fourth-order valence-corrected chi connectivity index (χ4v) is 4.01. The van der Waals surface area contributed by atoms with E-state index in [9.17, 15) is 4.79 Å². The average Bonchev–Trinajstić information content (AvgIpc) is 2.70. The number of rotatable bonds is 8. The van der Waals surface area contributed by atoms with Crippen LogP contribution in [0.2, 0.25) is 5.02 Å². The number of halogens is 2. The number of hydrogen-bond donors (Lipinski definition) is 1. The van der Waals surface area contributed by atoms with Crippen LogP contribution in [0.25, 0.3) is 0 Å². The van der Waals surface area contributed by atoms with Crippen molar-refractivity contribution in [3.8, 4) is 0 Å². The van der Waals surface area contributed by atoms with Crippen molar-refractivity contribution in [3.63, 3.8) is 0 Å². The van der Waals surface area contributed by atoms with Gasteiger partial charge in [-0.15, -0.1) is 11.6 Å². The first-order valence-electron chi connectivity index (χ1n) is 10.3. The van der Waals surface area contributed by atoms with E-state index in [4.69, 9.17) is 37.8 Å². The minimum absolute atomic E-state index is 0.359. The molecule has 1 unspecified atom stereocenters. The number of carboxylic acid groups (broad SMARTS) is 1. The molecule has 1 aliphatic rings. The molecule has 0 radical (unpaired) electrons. The van der Waals surface area contributed by atoms with E-state index in [2.05, 4.69) is 18.7 Å². The summed E-state index contributed by atoms with van der Waals surface area (Å²) in [5, 5.41) is 7.32. The Morgan fingerprint density at radius 3 is 2.31 bits per heavy atom. The number of carbonyl (C=O) groups excluding carboxylic acids is 1. The summed E-state index contributed by atoms with van der Waals surface area (Å²) in [4.78, 5) is 23.4. The van der Waals surface area contributed by atoms with Crippen LogP contribution in [0.4, 0.5) is 0 Å². The number of esters is 1. The molecule has 7 heteroatoms. The van der Waals surface area contributed by atoms with Crippen molar-refractivity contribution in [2.75, 3.05) is 26.2 Å². The molecule has 1 aromatic carbocycles. The first-order chi connectivity index (χ1) is 13.8. The number of hydrogen-bond acceptors (Lipinski definition) is 4. The molecule has 1 fully saturated rings. The van der Waals surface area contributed by atoms with Gasteiger partial charge in [-0.1, -0.05) is 56.8 Å². The third-order valence-corrected chi connectivity index (χ3v) is 5.87. The van der Waals surface area contributed by atoms with Gasteiger partial charge in [-0.3, -0.25) is 9.59 Å². The van der Waals surface area contributed by atoms with Crippen molar-refractivity contribution >= 4 is 35.1 Å². The van der Waals surface area contributed by atoms with Crippen molar-refractivity contribution in [2.24, 2.45) is 0 Å². The summed E-state index contributed by atoms with van der Waals surface area (Å²) in [6.45, 7) is 8.23. The first-order valence-corrected chi connectivity index (χ1v) is 11.1. The Bertz CT molecular complexity index is 640. The maximum absolute atomic E-state index is 12.2. The number of likely N-dealkylation sites (N-methyl/N-ethyl adjacent to an activating group) is 1. The standard InChI is InChI=1S/C20H29Cl2NO2.C2H4O2/c1-3-23(4-2)12-13-25-20(24)19(22)16-10-11-17(18(21)14-16)15-8-6-5-7-9-15;1-2(3)4/h10-11,14-15,19H,3-9,12-13H2,1-2H3;1H3,(H,3,4). The smallest absolute Gasteiger partial charge is 0.328 e. The number of nitrogens with zero attached hydrogens (tertiary/aromatic N) is 1. The van der Waals surface area contributed by atoms with E-state index < -0.39 is 17.3 Å². The van der Waals surface area contributed by atoms with Crippen LogP contribution < -0.4 is 0 Å². The number of benzene rings is 1. The molecule has 0 bridgehead atoms. The molecule has 1 aliphatic carbocycles. The zero-order valence-corrected chi connectivity index (χ0v) is 19.1. The van der Waals surface area contributed by atoms with E-state index in [1.165, 1.54) is 37.7 Å². The second-order valence-corrected chi connectivity index (χ2v) is 8.04. The van der Waals surface area contributed by atoms with Gasteiger partial charge in [-0.2, -0.15) is 0 Å². The Morgan fingerprint density at radius 2 is 1.79 bits per heavy atom. The lowest BCUT2D eigenvalue weighted by molar-refractivity contribution is -0.143. The van der Waals surface area contributed by atoms with Gasteiger partial charge >= 0.3 is 5.97 Å². The van der Waals surface area contributed by atoms with Crippen LogP contribution in [0, 0.1) is 0 Å². The maximum atomic E-state index is 12.2. The second-order valence-electron chi connectivity index (χ2n) is 7.19. The molecule has 0 spiro atoms. The van der Waals surface area contributed by atoms with Crippen LogP contribution in [0.3, 0.4) is 0 Å². The lowest BCUT2D eigenvalue weighted by atomic mass is 9.84. The molecule has 1 aromatic rings. The van der Waals surface area contributed by atoms with Crippen LogP contribution in [0.1, 0.15) is 75.3 Å². The molecule has 0 aromatic heterocycles. The summed E-state index contributed by atoms with van der Waals surface area (Å²) >= 11 is 12.8. The number of ether oxygens (including phenoxy) is 1. The minimum atomic E-state index is -0.833. The normalized spacial score (nSPS) is 15.4. The molecule has 2 rings (SSSR count). The largest absolute Gasteiger partial charge is 0.481 e. The Balaban J connectivity index is 0.000000960. The van der Waals surface area contributed by atoms with E-state index in [1.54, 1.807) is 0 Å². The first kappa shape index (κ1) is 25.7. The Morgan fingerprint density at radius 1 is 1.21 bits per heavy atom. The fourth-order valence-electron chi connectivity index (χ4n) is 3.47. The van der Waals surface area contributed by atoms with Crippen LogP contribution in [0.15, 0.2) is 18.2 Å². The molecule has 1 N–H and O–H groups in total. The second kappa shape index (κ2) is 13.8. The SMILES string of the molecule is CC(=O)O.CCN(CC)CCOC(=O)C(Cl)c1ccc(C2CCCCC2)c(Cl)c1. The fraction of sp³-hybridized carbons (Fsp3) is 0.636. The van der Waals surface area contributed by atoms with E-state index >= 15 is 0 Å². The Labute approximate surface area is 184 Å². The molecule has 0 saturated heterocycles. The molecule has 1 saturated carbocycles. The molecule has 0 heterocycles. The van der Waals surface area contributed by atoms with Crippen molar-refractivity contribution in [2.45, 2.75) is 64.2 Å². The zero-order chi connectivity index (χ0) is 21.8. The number of carbonyl (C=O) groups is 2. The van der Waals surface area contributed by atoms with Gasteiger partial charge in [-0.05, 0) is 49.0 Å². The third-order valence-electron chi connectivity index (χ3n) is 5.12. The molecule has 5 nitrogen and oxygen atoms in total. The molecule has 164 valence electrons. The molecule has 1 atom stereocenters. The highest BCUT2D eigenvalue weighted by molar-refractivity contribution is 6.32. The van der Waals surface area contributed by atoms with Gasteiger partial charge in [0.1, 0.15) is 6.61 Å². The van der Waals surface area contributed by atoms with Crippen LogP contribution >= 0.6 is 23.2 Å². The highest BCUT2D eigenvalue weighted by Gasteiger charge is 2.23. The number of carboxylic acids is 1. The number of alkyl halides is 1. The quantitative estimate of drug-likeness (QED) is 0.413. The summed E-state index contributed by atoms with van der Waals surface area (Å²) in [6, 6.07) is 5.78. The van der Waals surface area contributed by atoms with Gasteiger partial charge in [0.2, 0.25) is 0 Å². The van der Waals surface area contributed by atoms with Gasteiger partial charge in [-0.25, -0.2) is 0 Å². The molecule has 0 amide bonds. The van der Waals surface area contributed by atoms with E-state index in [-0.39, 0.29) is 0 Å². The predicted molar refractivity (Wildman–Crippen MR) is 118 cm³/mol. The highest BCUT2D eigenvalue weighted by Crippen LogP contribution is 2.37. The topological polar surface area (TPSA) is 66.8 Å². The predicted octanol–water partition coefficient (Wildman–Crippen LogP) is 5.64. The summed E-state index contributed by atoms with van der Waals surface area (Å²) in [6.07, 6.45) is 6.22. The van der Waals surface area contributed by atoms with E-state index in [0.717, 1.165) is 26.6 Å². The molecule has 29 heavy (non-hydrogen) atoms. The molecular formula is C22H33Cl2NO4. The van der Waals surface area contributed by atoms with E-state index in [0.29, 0.717) is 23.1 Å². The van der Waals surface area contributed by atoms with Gasteiger partial charge in [0.05, 0.1) is 0 Å². The Kier molecular flexibility index (Phi) is 12.3. The maximum Gasteiger partial charge on any atom is 0.328 e. The lowest BCUT2D eigenvalue weighted by Gasteiger charge is -2.23. The summed E-state index contributed by atoms with van der Waals surface area (Å²) < 4.78 is 5.32. The van der Waals surface area contributed by atoms with Crippen molar-refractivity contribution in [1.29, 1.82) is 0 Å². The van der Waals surface area contributed by atoms with Crippen LogP contribution in [-0.4, -0.2) is 48.2 Å². The van der Waals surface area contributed by atoms with Crippen molar-refractivity contribution in [3.05, 3.63) is 34.3 Å². The summed E-state index contributed by atoms with van der Waals surface area (Å²) in [5.74, 6) is -0.708. The van der Waals surface area contributed by atoms with Gasteiger partial charge in [0.15, 0.2) is 5.38 Å². The van der Waals surface area contributed by atoms with Gasteiger partial charge in [0, 0.05) is 18.5 Å². The van der Waals surface area contributed by atoms with Crippen LogP contribution in [-0.2, 0) is 14.3 Å². The van der Waals surface area contributed by atoms with E-state index in [1.807, 2.05) is 18.2 Å². The molecular weight excluding hydrogens is 413 g/mol.